The minimum absolute atomic E-state index is 0. The van der Waals surface area contributed by atoms with E-state index in [9.17, 15) is 14.4 Å². The number of nitrogens with one attached hydrogen (secondary N) is 1. The number of hydrogen-bond acceptors (Lipinski definition) is 5. The number of anilines is 1. The van der Waals surface area contributed by atoms with Crippen LogP contribution in [0.15, 0.2) is 36.4 Å². The van der Waals surface area contributed by atoms with Crippen LogP contribution in [0.4, 0.5) is 10.5 Å². The maximum absolute atomic E-state index is 12.3. The molecule has 150 valence electrons. The fourth-order valence-corrected chi connectivity index (χ4v) is 2.86. The number of amides is 4. The highest BCUT2D eigenvalue weighted by atomic mass is 35.5. The number of rotatable bonds is 5. The van der Waals surface area contributed by atoms with Gasteiger partial charge in [0.05, 0.1) is 22.3 Å². The summed E-state index contributed by atoms with van der Waals surface area (Å²) in [7, 11) is 0. The molecular formula is C17H16Cl3N3O4S. The molecule has 2 aromatic rings. The van der Waals surface area contributed by atoms with E-state index in [-0.39, 0.29) is 39.3 Å². The van der Waals surface area contributed by atoms with Crippen LogP contribution >= 0.6 is 48.4 Å². The molecule has 0 aromatic heterocycles. The van der Waals surface area contributed by atoms with E-state index >= 15 is 0 Å². The lowest BCUT2D eigenvalue weighted by atomic mass is 10.2. The van der Waals surface area contributed by atoms with Crippen molar-refractivity contribution in [3.05, 3.63) is 57.6 Å². The number of primary amides is 1. The third-order valence-electron chi connectivity index (χ3n) is 3.36. The molecule has 28 heavy (non-hydrogen) atoms. The summed E-state index contributed by atoms with van der Waals surface area (Å²) in [6, 6.07) is 7.65. The van der Waals surface area contributed by atoms with Crippen LogP contribution in [0.25, 0.3) is 0 Å². The van der Waals surface area contributed by atoms with Crippen LogP contribution in [0.2, 0.25) is 10.0 Å². The summed E-state index contributed by atoms with van der Waals surface area (Å²) in [5.74, 6) is -1.06. The summed E-state index contributed by atoms with van der Waals surface area (Å²) < 4.78 is 6.19. The van der Waals surface area contributed by atoms with Crippen LogP contribution in [-0.2, 0) is 0 Å². The van der Waals surface area contributed by atoms with E-state index in [1.165, 1.54) is 36.4 Å². The Morgan fingerprint density at radius 1 is 1.11 bits per heavy atom. The largest absolute Gasteiger partial charge is 0.491 e. The Labute approximate surface area is 183 Å². The Bertz CT molecular complexity index is 871. The first-order valence-corrected chi connectivity index (χ1v) is 8.76. The number of nitrogens with zero attached hydrogens (tertiary/aromatic N) is 1. The van der Waals surface area contributed by atoms with Crippen molar-refractivity contribution in [3.8, 4) is 5.75 Å². The molecule has 0 bridgehead atoms. The number of nitrogens with two attached hydrogens (primary N) is 1. The van der Waals surface area contributed by atoms with Crippen molar-refractivity contribution in [2.24, 2.45) is 5.73 Å². The molecule has 0 fully saturated rings. The first-order valence-electron chi connectivity index (χ1n) is 7.60. The number of halogens is 3. The van der Waals surface area contributed by atoms with Gasteiger partial charge in [0, 0.05) is 11.1 Å². The molecule has 11 heteroatoms. The summed E-state index contributed by atoms with van der Waals surface area (Å²) in [5, 5.41) is 2.45. The minimum atomic E-state index is -0.809. The van der Waals surface area contributed by atoms with Gasteiger partial charge in [-0.05, 0) is 43.3 Å². The van der Waals surface area contributed by atoms with E-state index in [1.807, 2.05) is 0 Å². The average molecular weight is 465 g/mol. The third kappa shape index (κ3) is 5.68. The second kappa shape index (κ2) is 10.4. The van der Waals surface area contributed by atoms with Crippen LogP contribution in [0.3, 0.4) is 0 Å². The zero-order chi connectivity index (χ0) is 20.1. The molecule has 0 radical (unpaired) electrons. The second-order valence-electron chi connectivity index (χ2n) is 5.18. The predicted octanol–water partition coefficient (Wildman–Crippen LogP) is 4.11. The Balaban J connectivity index is 0.00000392. The smallest absolute Gasteiger partial charge is 0.338 e. The number of urea groups is 1. The topological polar surface area (TPSA) is 102 Å². The van der Waals surface area contributed by atoms with Crippen LogP contribution < -0.4 is 20.1 Å². The van der Waals surface area contributed by atoms with Crippen molar-refractivity contribution in [1.29, 1.82) is 0 Å². The highest BCUT2D eigenvalue weighted by Gasteiger charge is 2.19. The Morgan fingerprint density at radius 3 is 2.11 bits per heavy atom. The lowest BCUT2D eigenvalue weighted by Gasteiger charge is -2.16. The molecular weight excluding hydrogens is 449 g/mol. The molecule has 2 rings (SSSR count). The predicted molar refractivity (Wildman–Crippen MR) is 114 cm³/mol. The van der Waals surface area contributed by atoms with Crippen LogP contribution in [0, 0.1) is 0 Å². The Hall–Kier alpha value is -2.13. The summed E-state index contributed by atoms with van der Waals surface area (Å²) in [6.07, 6.45) is 0. The van der Waals surface area contributed by atoms with Gasteiger partial charge in [-0.3, -0.25) is 14.9 Å². The molecule has 2 aromatic carbocycles. The molecule has 3 N–H and O–H groups in total. The quantitative estimate of drug-likeness (QED) is 0.579. The number of hydrogen-bond donors (Lipinski definition) is 3. The van der Waals surface area contributed by atoms with Crippen LogP contribution in [0.1, 0.15) is 27.6 Å². The number of imide groups is 1. The molecule has 4 amide bonds. The summed E-state index contributed by atoms with van der Waals surface area (Å²) >= 11 is 16.2. The normalized spacial score (nSPS) is 9.86. The third-order valence-corrected chi connectivity index (χ3v) is 4.33. The van der Waals surface area contributed by atoms with Gasteiger partial charge in [0.2, 0.25) is 5.91 Å². The number of ether oxygens (including phenoxy) is 1. The van der Waals surface area contributed by atoms with Gasteiger partial charge in [0.15, 0.2) is 5.75 Å². The van der Waals surface area contributed by atoms with Crippen LogP contribution in [0.5, 0.6) is 5.75 Å². The first kappa shape index (κ1) is 23.9. The zero-order valence-electron chi connectivity index (χ0n) is 14.4. The van der Waals surface area contributed by atoms with Crippen LogP contribution in [-0.4, -0.2) is 24.5 Å². The summed E-state index contributed by atoms with van der Waals surface area (Å²) in [6.45, 7) is 2.12. The van der Waals surface area contributed by atoms with Gasteiger partial charge >= 0.3 is 6.03 Å². The van der Waals surface area contributed by atoms with Crippen molar-refractivity contribution >= 4 is 72.0 Å². The van der Waals surface area contributed by atoms with Gasteiger partial charge in [0.25, 0.3) is 5.91 Å². The molecule has 0 aliphatic carbocycles. The van der Waals surface area contributed by atoms with Gasteiger partial charge in [-0.2, -0.15) is 0 Å². The van der Waals surface area contributed by atoms with Gasteiger partial charge in [-0.1, -0.05) is 36.0 Å². The van der Waals surface area contributed by atoms with E-state index < -0.39 is 17.8 Å². The van der Waals surface area contributed by atoms with Crippen molar-refractivity contribution in [2.75, 3.05) is 10.9 Å². The molecule has 0 heterocycles. The maximum Gasteiger partial charge on any atom is 0.338 e. The number of benzene rings is 2. The fraction of sp³-hybridized carbons (Fsp3) is 0.118. The lowest BCUT2D eigenvalue weighted by molar-refractivity contribution is 0.0964. The van der Waals surface area contributed by atoms with Gasteiger partial charge in [-0.15, -0.1) is 12.4 Å². The SMILES string of the molecule is CCOc1c(Cl)cc(C(=O)NC(=O)N(S)c2ccc(C(N)=O)cc2)cc1Cl.Cl. The van der Waals surface area contributed by atoms with Crippen molar-refractivity contribution in [2.45, 2.75) is 6.92 Å². The summed E-state index contributed by atoms with van der Waals surface area (Å²) in [4.78, 5) is 35.6. The monoisotopic (exact) mass is 463 g/mol. The molecule has 0 atom stereocenters. The Morgan fingerprint density at radius 2 is 1.64 bits per heavy atom. The highest BCUT2D eigenvalue weighted by molar-refractivity contribution is 7.82. The van der Waals surface area contributed by atoms with Gasteiger partial charge in [-0.25, -0.2) is 9.10 Å². The average Bonchev–Trinajstić information content (AvgIpc) is 2.63. The minimum Gasteiger partial charge on any atom is -0.491 e. The molecule has 7 nitrogen and oxygen atoms in total. The van der Waals surface area contributed by atoms with E-state index in [2.05, 4.69) is 18.1 Å². The molecule has 0 unspecified atom stereocenters. The van der Waals surface area contributed by atoms with E-state index in [0.717, 1.165) is 4.31 Å². The van der Waals surface area contributed by atoms with E-state index in [4.69, 9.17) is 33.7 Å². The first-order chi connectivity index (χ1) is 12.7. The molecule has 0 saturated carbocycles. The molecule has 0 aliphatic rings. The molecule has 0 aliphatic heterocycles. The lowest BCUT2D eigenvalue weighted by Crippen LogP contribution is -2.38. The van der Waals surface area contributed by atoms with E-state index in [0.29, 0.717) is 12.3 Å². The van der Waals surface area contributed by atoms with Crippen molar-refractivity contribution < 1.29 is 19.1 Å². The zero-order valence-corrected chi connectivity index (χ0v) is 17.7. The Kier molecular flexibility index (Phi) is 8.90. The number of thiol groups is 1. The van der Waals surface area contributed by atoms with Crippen molar-refractivity contribution in [3.63, 3.8) is 0 Å². The molecule has 0 saturated heterocycles. The number of carbonyl (C=O) groups excluding carboxylic acids is 3. The standard InChI is InChI=1S/C17H15Cl2N3O4S.ClH/c1-2-26-14-12(18)7-10(8-13(14)19)16(24)21-17(25)22(27)11-5-3-9(4-6-11)15(20)23;/h3-8,27H,2H2,1H3,(H2,20,23)(H,21,24,25);1H. The second-order valence-corrected chi connectivity index (χ2v) is 6.40. The van der Waals surface area contributed by atoms with Gasteiger partial charge in [0.1, 0.15) is 0 Å². The number of carbonyl (C=O) groups is 3. The maximum atomic E-state index is 12.3. The summed E-state index contributed by atoms with van der Waals surface area (Å²) in [5.41, 5.74) is 5.84. The molecule has 0 spiro atoms. The van der Waals surface area contributed by atoms with Crippen molar-refractivity contribution in [1.82, 2.24) is 5.32 Å². The highest BCUT2D eigenvalue weighted by Crippen LogP contribution is 2.34. The van der Waals surface area contributed by atoms with E-state index in [1.54, 1.807) is 6.92 Å². The fourth-order valence-electron chi connectivity index (χ4n) is 2.08. The van der Waals surface area contributed by atoms with Gasteiger partial charge < -0.3 is 10.5 Å².